The van der Waals surface area contributed by atoms with E-state index >= 15 is 0 Å². The average molecular weight is 381 g/mol. The Kier molecular flexibility index (Phi) is 4.68. The van der Waals surface area contributed by atoms with Crippen molar-refractivity contribution in [2.45, 2.75) is 20.1 Å². The van der Waals surface area contributed by atoms with Gasteiger partial charge in [0.15, 0.2) is 0 Å². The van der Waals surface area contributed by atoms with Crippen molar-refractivity contribution in [3.63, 3.8) is 0 Å². The third-order valence-electron chi connectivity index (χ3n) is 4.09. The van der Waals surface area contributed by atoms with Crippen LogP contribution < -0.4 is 10.3 Å². The third kappa shape index (κ3) is 3.88. The van der Waals surface area contributed by atoms with Crippen LogP contribution >= 0.6 is 11.3 Å². The van der Waals surface area contributed by atoms with Crippen molar-refractivity contribution in [2.75, 3.05) is 0 Å². The van der Waals surface area contributed by atoms with Gasteiger partial charge >= 0.3 is 0 Å². The highest BCUT2D eigenvalue weighted by atomic mass is 32.1. The number of nitrogens with zero attached hydrogens (tertiary/aromatic N) is 3. The highest BCUT2D eigenvalue weighted by Crippen LogP contribution is 2.16. The molecular formula is C20H16FN3O2S. The fourth-order valence-electron chi connectivity index (χ4n) is 2.72. The smallest absolute Gasteiger partial charge is 0.261 e. The van der Waals surface area contributed by atoms with E-state index in [-0.39, 0.29) is 11.4 Å². The summed E-state index contributed by atoms with van der Waals surface area (Å²) >= 11 is 1.46. The van der Waals surface area contributed by atoms with Gasteiger partial charge in [-0.2, -0.15) is 0 Å². The number of aromatic nitrogens is 3. The Bertz CT molecular complexity index is 1150. The van der Waals surface area contributed by atoms with E-state index in [2.05, 4.69) is 9.97 Å². The number of benzene rings is 2. The molecule has 7 heteroatoms. The molecule has 0 bridgehead atoms. The quantitative estimate of drug-likeness (QED) is 0.526. The van der Waals surface area contributed by atoms with Crippen LogP contribution in [0.5, 0.6) is 5.75 Å². The largest absolute Gasteiger partial charge is 0.486 e. The summed E-state index contributed by atoms with van der Waals surface area (Å²) in [6.45, 7) is 2.59. The van der Waals surface area contributed by atoms with Crippen LogP contribution in [0.3, 0.4) is 0 Å². The van der Waals surface area contributed by atoms with Crippen molar-refractivity contribution < 1.29 is 9.13 Å². The Morgan fingerprint density at radius 1 is 1.19 bits per heavy atom. The molecule has 0 aliphatic heterocycles. The Balaban J connectivity index is 1.49. The molecule has 0 radical (unpaired) electrons. The van der Waals surface area contributed by atoms with Gasteiger partial charge in [0, 0.05) is 5.38 Å². The van der Waals surface area contributed by atoms with Crippen LogP contribution in [0, 0.1) is 12.7 Å². The van der Waals surface area contributed by atoms with Crippen LogP contribution in [0.25, 0.3) is 10.9 Å². The SMILES string of the molecule is Cc1ccc2ncn(Cc3csc(COc4ccc(F)cc4)n3)c(=O)c2c1. The highest BCUT2D eigenvalue weighted by Gasteiger charge is 2.08. The molecule has 0 spiro atoms. The van der Waals surface area contributed by atoms with Gasteiger partial charge < -0.3 is 4.74 Å². The van der Waals surface area contributed by atoms with Gasteiger partial charge in [-0.25, -0.2) is 14.4 Å². The zero-order valence-electron chi connectivity index (χ0n) is 14.6. The molecule has 2 heterocycles. The van der Waals surface area contributed by atoms with Gasteiger partial charge in [-0.3, -0.25) is 9.36 Å². The molecule has 4 rings (SSSR count). The molecule has 27 heavy (non-hydrogen) atoms. The second-order valence-corrected chi connectivity index (χ2v) is 7.12. The van der Waals surface area contributed by atoms with Crippen molar-refractivity contribution in [1.82, 2.24) is 14.5 Å². The van der Waals surface area contributed by atoms with Crippen molar-refractivity contribution in [3.05, 3.63) is 86.6 Å². The van der Waals surface area contributed by atoms with Crippen LogP contribution in [0.2, 0.25) is 0 Å². The van der Waals surface area contributed by atoms with E-state index in [1.165, 1.54) is 23.5 Å². The maximum Gasteiger partial charge on any atom is 0.261 e. The Morgan fingerprint density at radius 3 is 2.81 bits per heavy atom. The number of fused-ring (bicyclic) bond motifs is 1. The van der Waals surface area contributed by atoms with Crippen molar-refractivity contribution >= 4 is 22.2 Å². The fourth-order valence-corrected chi connectivity index (χ4v) is 3.42. The van der Waals surface area contributed by atoms with Crippen LogP contribution in [-0.4, -0.2) is 14.5 Å². The molecule has 2 aromatic heterocycles. The highest BCUT2D eigenvalue weighted by molar-refractivity contribution is 7.09. The predicted molar refractivity (Wildman–Crippen MR) is 103 cm³/mol. The predicted octanol–water partition coefficient (Wildman–Crippen LogP) is 3.93. The lowest BCUT2D eigenvalue weighted by Gasteiger charge is -2.05. The van der Waals surface area contributed by atoms with Crippen molar-refractivity contribution in [1.29, 1.82) is 0 Å². The fraction of sp³-hybridized carbons (Fsp3) is 0.150. The first-order chi connectivity index (χ1) is 13.1. The summed E-state index contributed by atoms with van der Waals surface area (Å²) in [5.74, 6) is 0.280. The summed E-state index contributed by atoms with van der Waals surface area (Å²) < 4.78 is 20.1. The van der Waals surface area contributed by atoms with Gasteiger partial charge in [-0.15, -0.1) is 11.3 Å². The number of hydrogen-bond acceptors (Lipinski definition) is 5. The van der Waals surface area contributed by atoms with Gasteiger partial charge in [0.1, 0.15) is 23.2 Å². The van der Waals surface area contributed by atoms with Gasteiger partial charge in [-0.1, -0.05) is 11.6 Å². The molecule has 136 valence electrons. The van der Waals surface area contributed by atoms with E-state index < -0.39 is 0 Å². The zero-order chi connectivity index (χ0) is 18.8. The molecule has 0 amide bonds. The van der Waals surface area contributed by atoms with Gasteiger partial charge in [0.25, 0.3) is 5.56 Å². The van der Waals surface area contributed by atoms with Crippen molar-refractivity contribution in [3.8, 4) is 5.75 Å². The number of ether oxygens (including phenoxy) is 1. The Hall–Kier alpha value is -3.06. The lowest BCUT2D eigenvalue weighted by Crippen LogP contribution is -2.21. The lowest BCUT2D eigenvalue weighted by molar-refractivity contribution is 0.305. The number of halogens is 1. The third-order valence-corrected chi connectivity index (χ3v) is 4.96. The summed E-state index contributed by atoms with van der Waals surface area (Å²) in [6.07, 6.45) is 1.55. The van der Waals surface area contributed by atoms with Gasteiger partial charge in [-0.05, 0) is 43.3 Å². The minimum Gasteiger partial charge on any atom is -0.486 e. The standard InChI is InChI=1S/C20H16FN3O2S/c1-13-2-7-18-17(8-13)20(25)24(12-22-18)9-15-11-27-19(23-15)10-26-16-5-3-14(21)4-6-16/h2-8,11-12H,9-10H2,1H3. The van der Waals surface area contributed by atoms with E-state index in [0.717, 1.165) is 16.3 Å². The Morgan fingerprint density at radius 2 is 2.00 bits per heavy atom. The van der Waals surface area contributed by atoms with E-state index in [4.69, 9.17) is 4.74 Å². The molecule has 0 unspecified atom stereocenters. The molecule has 2 aromatic carbocycles. The molecule has 5 nitrogen and oxygen atoms in total. The molecule has 4 aromatic rings. The van der Waals surface area contributed by atoms with E-state index in [1.807, 2.05) is 30.5 Å². The van der Waals surface area contributed by atoms with Crippen LogP contribution in [0.1, 0.15) is 16.3 Å². The number of rotatable bonds is 5. The monoisotopic (exact) mass is 381 g/mol. The molecule has 0 fully saturated rings. The maximum atomic E-state index is 12.9. The number of thiazole rings is 1. The first-order valence-corrected chi connectivity index (χ1v) is 9.24. The summed E-state index contributed by atoms with van der Waals surface area (Å²) in [5, 5.41) is 3.29. The summed E-state index contributed by atoms with van der Waals surface area (Å²) in [4.78, 5) is 21.5. The van der Waals surface area contributed by atoms with Gasteiger partial charge in [0.05, 0.1) is 29.5 Å². The minimum absolute atomic E-state index is 0.0826. The second kappa shape index (κ2) is 7.28. The first-order valence-electron chi connectivity index (χ1n) is 8.36. The number of aryl methyl sites for hydroxylation is 1. The van der Waals surface area contributed by atoms with Crippen LogP contribution in [-0.2, 0) is 13.2 Å². The Labute approximate surface area is 158 Å². The minimum atomic E-state index is -0.302. The van der Waals surface area contributed by atoms with Crippen LogP contribution in [0.15, 0.2) is 59.0 Å². The molecule has 0 saturated heterocycles. The van der Waals surface area contributed by atoms with Gasteiger partial charge in [0.2, 0.25) is 0 Å². The van der Waals surface area contributed by atoms with E-state index in [9.17, 15) is 9.18 Å². The molecule has 0 saturated carbocycles. The van der Waals surface area contributed by atoms with E-state index in [0.29, 0.717) is 29.8 Å². The maximum absolute atomic E-state index is 12.9. The molecule has 0 aliphatic rings. The summed E-state index contributed by atoms with van der Waals surface area (Å²) in [6, 6.07) is 11.5. The van der Waals surface area contributed by atoms with E-state index in [1.54, 1.807) is 23.0 Å². The molecule has 0 N–H and O–H groups in total. The normalized spacial score (nSPS) is 11.0. The summed E-state index contributed by atoms with van der Waals surface area (Å²) in [7, 11) is 0. The zero-order valence-corrected chi connectivity index (χ0v) is 15.4. The van der Waals surface area contributed by atoms with Crippen molar-refractivity contribution in [2.24, 2.45) is 0 Å². The number of hydrogen-bond donors (Lipinski definition) is 0. The second-order valence-electron chi connectivity index (χ2n) is 6.17. The summed E-state index contributed by atoms with van der Waals surface area (Å²) in [5.41, 5.74) is 2.40. The van der Waals surface area contributed by atoms with Crippen LogP contribution in [0.4, 0.5) is 4.39 Å². The molecular weight excluding hydrogens is 365 g/mol. The lowest BCUT2D eigenvalue weighted by atomic mass is 10.2. The topological polar surface area (TPSA) is 57.0 Å². The first kappa shape index (κ1) is 17.4. The molecule has 0 aliphatic carbocycles. The average Bonchev–Trinajstić information content (AvgIpc) is 3.11. The molecule has 0 atom stereocenters.